The Morgan fingerprint density at radius 1 is 0.0300 bits per heavy atom. The van der Waals surface area contributed by atoms with Gasteiger partial charge >= 0.3 is 1090 Å². The van der Waals surface area contributed by atoms with Crippen molar-refractivity contribution in [2.24, 2.45) is 0 Å². The van der Waals surface area contributed by atoms with Crippen molar-refractivity contribution in [3.05, 3.63) is 0 Å². The Balaban J connectivity index is 0. The van der Waals surface area contributed by atoms with E-state index < -0.39 is 0 Å². The van der Waals surface area contributed by atoms with Gasteiger partial charge in [0.25, 0.3) is 0 Å². The topological polar surface area (TPSA) is 0 Å². The fraction of sp³-hybridized carbons (Fsp3) is 0. The molecule has 0 nitrogen and oxygen atoms in total. The Labute approximate surface area is 1910 Å². The van der Waals surface area contributed by atoms with Crippen LogP contribution in [-0.2, 0) is 0 Å². The third-order valence-electron chi connectivity index (χ3n) is 0. The van der Waals surface area contributed by atoms with Crippen LogP contribution in [0.25, 0.3) is 0 Å². The quantitative estimate of drug-likeness (QED) is 0.212. The Morgan fingerprint density at radius 3 is 0.0300 bits per heavy atom. The van der Waals surface area contributed by atoms with Crippen molar-refractivity contribution in [2.75, 3.05) is 0 Å². The zero-order chi connectivity index (χ0) is 0. The fourth-order valence-corrected chi connectivity index (χ4v) is 0. The number of halogens is 71. The van der Waals surface area contributed by atoms with Gasteiger partial charge in [-0.1, -0.05) is 0 Å². The third-order valence-corrected chi connectivity index (χ3v) is 0. The first-order chi connectivity index (χ1) is 0. The summed E-state index contributed by atoms with van der Waals surface area (Å²) in [6, 6.07) is 0. The van der Waals surface area contributed by atoms with Crippen LogP contribution in [0.4, 0.5) is 0 Å². The maximum atomic E-state index is 0. The van der Waals surface area contributed by atoms with Gasteiger partial charge in [-0.15, -0.1) is 161 Å². The minimum absolute atomic E-state index is 0. The number of rotatable bonds is 0. The maximum absolute atomic E-state index is 0. The maximum Gasteiger partial charge on any atom is 2.00 e. The zero-order valence-electron chi connectivity index (χ0n) is 47.7. The summed E-state index contributed by atoms with van der Waals surface area (Å²) in [5.41, 5.74) is 0. The standard InChI is InChI=1S/29Ca.71ClH/h;;;;;;;;;;;;;;;;;;;;;;;;;;;;;71*1H/q29*+2;;;;;;;;;;;;;;;;;;;;;;;;;;;;;;;;;;;;;;;;;;;;;;;;;;;;;;;;;;;;;;;;;;;;;;;/p-58. The minimum Gasteiger partial charge on any atom is -1.00 e. The largest absolute Gasteiger partial charge is 2.00 e. The van der Waals surface area contributed by atoms with Gasteiger partial charge in [-0.3, -0.25) is 0 Å². The molecule has 0 bridgehead atoms. The van der Waals surface area contributed by atoms with E-state index in [0.717, 1.165) is 0 Å². The van der Waals surface area contributed by atoms with Crippen LogP contribution in [0.3, 0.4) is 0 Å². The van der Waals surface area contributed by atoms with Crippen LogP contribution in [0.5, 0.6) is 0 Å². The second kappa shape index (κ2) is 1150. The molecule has 0 radical (unpaired) electrons. The van der Waals surface area contributed by atoms with Gasteiger partial charge in [-0.25, -0.2) is 0 Å². The van der Waals surface area contributed by atoms with Gasteiger partial charge < -0.3 is 720 Å². The molecule has 0 heterocycles. The predicted molar refractivity (Wildman–Crippen MR) is 261 cm³/mol. The van der Waals surface area contributed by atoms with Crippen LogP contribution < -0.4 is 720 Å². The van der Waals surface area contributed by atoms with Gasteiger partial charge in [0.2, 0.25) is 0 Å². The fourth-order valence-electron chi connectivity index (χ4n) is 0. The van der Waals surface area contributed by atoms with E-state index in [2.05, 4.69) is 0 Å². The molecule has 0 aromatic carbocycles. The van der Waals surface area contributed by atoms with Crippen LogP contribution in [0, 0.1) is 0 Å². The normalized spacial score (nSPS) is 0. The zero-order valence-corrected chi connectivity index (χ0v) is 166. The summed E-state index contributed by atoms with van der Waals surface area (Å²) in [5, 5.41) is 0. The van der Waals surface area contributed by atoms with Crippen molar-refractivity contribution in [2.45, 2.75) is 0 Å². The summed E-state index contributed by atoms with van der Waals surface area (Å²) in [4.78, 5) is 0. The molecule has 100 heavy (non-hydrogen) atoms. The van der Waals surface area contributed by atoms with E-state index >= 15 is 0 Å². The van der Waals surface area contributed by atoms with Gasteiger partial charge in [-0.2, -0.15) is 0 Å². The molecule has 0 saturated heterocycles. The molecule has 0 atom stereocenters. The molecule has 0 aromatic rings. The molecule has 100 heteroatoms. The SMILES string of the molecule is Cl.Cl.Cl.Cl.Cl.Cl.Cl.Cl.Cl.Cl.Cl.Cl.Cl.[Ca+2].[Ca+2].[Ca+2].[Ca+2].[Ca+2].[Ca+2].[Ca+2].[Ca+2].[Ca+2].[Ca+2].[Ca+2].[Ca+2].[Ca+2].[Ca+2].[Ca+2].[Ca+2].[Ca+2].[Ca+2].[Ca+2].[Ca+2].[Ca+2].[Ca+2].[Ca+2].[Ca+2].[Ca+2].[Ca+2].[Ca+2].[Ca+2].[Ca+2].[Cl-].[Cl-].[Cl-].[Cl-].[Cl-].[Cl-].[Cl-].[Cl-].[Cl-].[Cl-].[Cl-].[Cl-].[Cl-].[Cl-].[Cl-].[Cl-].[Cl-].[Cl-].[Cl-].[Cl-].[Cl-].[Cl-].[Cl-].[Cl-].[Cl-].[Cl-].[Cl-].[Cl-].[Cl-].[Cl-].[Cl-].[Cl-].[Cl-].[Cl-].[Cl-].[Cl-].[Cl-].[Cl-].[Cl-].[Cl-].[Cl-].[Cl-].[Cl-].[Cl-].[Cl-].[Cl-].[Cl-].[Cl-].[Cl-].[Cl-].[Cl-].[Cl-].[Cl-].[Cl-].[Cl-].[Cl-].[Cl-].[Cl-]. The van der Waals surface area contributed by atoms with E-state index in [1.54, 1.807) is 0 Å². The Morgan fingerprint density at radius 2 is 0.0300 bits per heavy atom. The third kappa shape index (κ3) is 1130. The molecule has 0 N–H and O–H groups in total. The van der Waals surface area contributed by atoms with Crippen LogP contribution in [0.1, 0.15) is 0 Å². The van der Waals surface area contributed by atoms with Gasteiger partial charge in [0.15, 0.2) is 0 Å². The van der Waals surface area contributed by atoms with Gasteiger partial charge in [0.1, 0.15) is 0 Å². The molecule has 0 spiro atoms. The van der Waals surface area contributed by atoms with Crippen molar-refractivity contribution in [3.8, 4) is 0 Å². The summed E-state index contributed by atoms with van der Waals surface area (Å²) in [6.07, 6.45) is 0. The summed E-state index contributed by atoms with van der Waals surface area (Å²) >= 11 is 0. The molecular weight excluding hydrogens is 3680 g/mol. The smallest absolute Gasteiger partial charge is 1.00 e. The van der Waals surface area contributed by atoms with Crippen molar-refractivity contribution in [1.82, 2.24) is 0 Å². The van der Waals surface area contributed by atoms with Gasteiger partial charge in [-0.05, 0) is 0 Å². The Kier molecular flexibility index (Phi) is 13500. The number of hydrogen-bond donors (Lipinski definition) is 0. The van der Waals surface area contributed by atoms with Crippen LogP contribution >= 0.6 is 161 Å². The van der Waals surface area contributed by atoms with Crippen LogP contribution in [0.2, 0.25) is 0 Å². The summed E-state index contributed by atoms with van der Waals surface area (Å²) in [5.74, 6) is 0. The van der Waals surface area contributed by atoms with Crippen LogP contribution in [0.15, 0.2) is 0 Å². The second-order valence-electron chi connectivity index (χ2n) is 0. The molecule has 0 aliphatic rings. The van der Waals surface area contributed by atoms with Crippen molar-refractivity contribution in [3.63, 3.8) is 0 Å². The molecule has 0 aliphatic heterocycles. The molecule has 0 fully saturated rings. The molecule has 0 aromatic heterocycles. The molecular formula is H13Ca29Cl71. The molecule has 0 saturated carbocycles. The molecule has 0 amide bonds. The average Bonchev–Trinajstić information content (AvgIpc) is 0. The summed E-state index contributed by atoms with van der Waals surface area (Å²) < 4.78 is 0. The minimum atomic E-state index is 0. The van der Waals surface area contributed by atoms with E-state index in [4.69, 9.17) is 0 Å². The monoisotopic (exact) mass is 3650 g/mol. The Bertz CT molecular complexity index is 86.9. The van der Waals surface area contributed by atoms with Crippen LogP contribution in [-0.4, -0.2) is 1090 Å². The first-order valence-corrected chi connectivity index (χ1v) is 0. The first kappa shape index (κ1) is 1170. The van der Waals surface area contributed by atoms with Crippen molar-refractivity contribution < 1.29 is 720 Å². The Hall–Kier alpha value is 57.1. The van der Waals surface area contributed by atoms with E-state index in [0.29, 0.717) is 0 Å². The first-order valence-electron chi connectivity index (χ1n) is 0. The average molecular weight is 3690 g/mol. The molecule has 0 rings (SSSR count). The summed E-state index contributed by atoms with van der Waals surface area (Å²) in [7, 11) is 0. The van der Waals surface area contributed by atoms with Crippen molar-refractivity contribution in [1.29, 1.82) is 0 Å². The van der Waals surface area contributed by atoms with Gasteiger partial charge in [0.05, 0.1) is 0 Å². The second-order valence-corrected chi connectivity index (χ2v) is 0. The van der Waals surface area contributed by atoms with Gasteiger partial charge in [0, 0.05) is 0 Å². The molecule has 568 valence electrons. The van der Waals surface area contributed by atoms with Crippen molar-refractivity contribution >= 4 is 1260 Å². The van der Waals surface area contributed by atoms with E-state index in [1.165, 1.54) is 0 Å². The predicted octanol–water partition coefficient (Wildman–Crippen LogP) is -179. The molecule has 0 unspecified atom stereocenters. The number of hydrogen-bond acceptors (Lipinski definition) is 0. The molecule has 0 aliphatic carbocycles. The van der Waals surface area contributed by atoms with E-state index in [-0.39, 0.29) is 1980 Å². The van der Waals surface area contributed by atoms with E-state index in [9.17, 15) is 0 Å². The van der Waals surface area contributed by atoms with E-state index in [1.807, 2.05) is 0 Å². The summed E-state index contributed by atoms with van der Waals surface area (Å²) in [6.45, 7) is 0.